The fraction of sp³-hybridized carbons (Fsp3) is 0.389. The second-order valence-electron chi connectivity index (χ2n) is 6.94. The van der Waals surface area contributed by atoms with Crippen LogP contribution in [0.5, 0.6) is 0 Å². The molecule has 3 heteroatoms. The Morgan fingerprint density at radius 1 is 1.10 bits per heavy atom. The maximum absolute atomic E-state index is 11.8. The summed E-state index contributed by atoms with van der Waals surface area (Å²) in [7, 11) is 0. The quantitative estimate of drug-likeness (QED) is 0.914. The molecule has 0 spiro atoms. The first-order valence-electron chi connectivity index (χ1n) is 7.34. The minimum atomic E-state index is -0.742. The van der Waals surface area contributed by atoms with Crippen LogP contribution in [-0.2, 0) is 17.9 Å². The molecule has 0 saturated carbocycles. The SMILES string of the molecule is CC(C)(C)[C@@H](C(=O)O)N1Cc2cccc3cccc(c23)C1. The van der Waals surface area contributed by atoms with Crippen LogP contribution in [0.4, 0.5) is 0 Å². The average molecular weight is 283 g/mol. The molecule has 0 aromatic heterocycles. The Balaban J connectivity index is 2.06. The van der Waals surface area contributed by atoms with E-state index in [0.29, 0.717) is 13.1 Å². The highest BCUT2D eigenvalue weighted by Crippen LogP contribution is 2.34. The molecule has 2 aromatic rings. The molecule has 1 N–H and O–H groups in total. The molecule has 0 fully saturated rings. The Morgan fingerprint density at radius 2 is 1.62 bits per heavy atom. The predicted octanol–water partition coefficient (Wildman–Crippen LogP) is 3.65. The van der Waals surface area contributed by atoms with E-state index in [1.165, 1.54) is 21.9 Å². The maximum Gasteiger partial charge on any atom is 0.321 e. The van der Waals surface area contributed by atoms with Gasteiger partial charge in [-0.2, -0.15) is 0 Å². The van der Waals surface area contributed by atoms with Gasteiger partial charge in [0.1, 0.15) is 6.04 Å². The molecule has 0 saturated heterocycles. The minimum Gasteiger partial charge on any atom is -0.480 e. The van der Waals surface area contributed by atoms with E-state index in [9.17, 15) is 9.90 Å². The molecular weight excluding hydrogens is 262 g/mol. The van der Waals surface area contributed by atoms with Gasteiger partial charge in [-0.1, -0.05) is 57.2 Å². The Bertz CT molecular complexity index is 659. The zero-order chi connectivity index (χ0) is 15.2. The highest BCUT2D eigenvalue weighted by atomic mass is 16.4. The summed E-state index contributed by atoms with van der Waals surface area (Å²) >= 11 is 0. The zero-order valence-electron chi connectivity index (χ0n) is 12.8. The topological polar surface area (TPSA) is 40.5 Å². The number of rotatable bonds is 2. The van der Waals surface area contributed by atoms with E-state index in [1.807, 2.05) is 20.8 Å². The Morgan fingerprint density at radius 3 is 2.05 bits per heavy atom. The summed E-state index contributed by atoms with van der Waals surface area (Å²) in [5.41, 5.74) is 2.15. The highest BCUT2D eigenvalue weighted by Gasteiger charge is 2.38. The van der Waals surface area contributed by atoms with Crippen molar-refractivity contribution in [1.82, 2.24) is 4.90 Å². The van der Waals surface area contributed by atoms with Gasteiger partial charge in [-0.15, -0.1) is 0 Å². The predicted molar refractivity (Wildman–Crippen MR) is 84.1 cm³/mol. The molecule has 3 nitrogen and oxygen atoms in total. The van der Waals surface area contributed by atoms with E-state index >= 15 is 0 Å². The van der Waals surface area contributed by atoms with Crippen LogP contribution in [0, 0.1) is 5.41 Å². The summed E-state index contributed by atoms with van der Waals surface area (Å²) in [5, 5.41) is 12.2. The smallest absolute Gasteiger partial charge is 0.321 e. The van der Waals surface area contributed by atoms with E-state index in [-0.39, 0.29) is 5.41 Å². The summed E-state index contributed by atoms with van der Waals surface area (Å²) in [6.07, 6.45) is 0. The molecule has 1 aliphatic rings. The molecule has 1 heterocycles. The first kappa shape index (κ1) is 14.1. The van der Waals surface area contributed by atoms with E-state index < -0.39 is 12.0 Å². The number of carbonyl (C=O) groups is 1. The van der Waals surface area contributed by atoms with Gasteiger partial charge >= 0.3 is 5.97 Å². The zero-order valence-corrected chi connectivity index (χ0v) is 12.8. The van der Waals surface area contributed by atoms with E-state index in [1.54, 1.807) is 0 Å². The molecule has 1 atom stereocenters. The van der Waals surface area contributed by atoms with Gasteiger partial charge in [-0.3, -0.25) is 9.69 Å². The fourth-order valence-corrected chi connectivity index (χ4v) is 3.52. The first-order chi connectivity index (χ1) is 9.88. The highest BCUT2D eigenvalue weighted by molar-refractivity contribution is 5.89. The number of hydrogen-bond donors (Lipinski definition) is 1. The van der Waals surface area contributed by atoms with E-state index in [2.05, 4.69) is 41.3 Å². The van der Waals surface area contributed by atoms with Crippen molar-refractivity contribution < 1.29 is 9.90 Å². The van der Waals surface area contributed by atoms with Gasteiger partial charge in [-0.25, -0.2) is 0 Å². The summed E-state index contributed by atoms with van der Waals surface area (Å²) in [5.74, 6) is -0.742. The van der Waals surface area contributed by atoms with Crippen molar-refractivity contribution in [2.75, 3.05) is 0 Å². The number of aliphatic carboxylic acids is 1. The van der Waals surface area contributed by atoms with Crippen LogP contribution in [0.3, 0.4) is 0 Å². The van der Waals surface area contributed by atoms with Gasteiger partial charge in [0.2, 0.25) is 0 Å². The molecule has 21 heavy (non-hydrogen) atoms. The second-order valence-corrected chi connectivity index (χ2v) is 6.94. The van der Waals surface area contributed by atoms with E-state index in [0.717, 1.165) is 0 Å². The van der Waals surface area contributed by atoms with Crippen LogP contribution in [0.2, 0.25) is 0 Å². The number of benzene rings is 2. The third-order valence-corrected chi connectivity index (χ3v) is 4.24. The normalized spacial score (nSPS) is 16.9. The summed E-state index contributed by atoms with van der Waals surface area (Å²) in [6, 6.07) is 12.1. The molecule has 0 unspecified atom stereocenters. The molecule has 0 bridgehead atoms. The van der Waals surface area contributed by atoms with Crippen molar-refractivity contribution in [3.63, 3.8) is 0 Å². The first-order valence-corrected chi connectivity index (χ1v) is 7.34. The molecule has 110 valence electrons. The van der Waals surface area contributed by atoms with Crippen LogP contribution < -0.4 is 0 Å². The third kappa shape index (κ3) is 2.42. The molecule has 0 aliphatic carbocycles. The Labute approximate surface area is 125 Å². The van der Waals surface area contributed by atoms with Gasteiger partial charge in [0.15, 0.2) is 0 Å². The Hall–Kier alpha value is -1.87. The van der Waals surface area contributed by atoms with Gasteiger partial charge in [-0.05, 0) is 27.3 Å². The molecule has 3 rings (SSSR count). The second kappa shape index (κ2) is 4.85. The van der Waals surface area contributed by atoms with E-state index in [4.69, 9.17) is 0 Å². The van der Waals surface area contributed by atoms with Gasteiger partial charge in [0.25, 0.3) is 0 Å². The van der Waals surface area contributed by atoms with Crippen LogP contribution in [-0.4, -0.2) is 22.0 Å². The van der Waals surface area contributed by atoms with Gasteiger partial charge < -0.3 is 5.11 Å². The molecule has 0 radical (unpaired) electrons. The van der Waals surface area contributed by atoms with Crippen molar-refractivity contribution in [2.24, 2.45) is 5.41 Å². The van der Waals surface area contributed by atoms with Crippen molar-refractivity contribution in [3.05, 3.63) is 47.5 Å². The maximum atomic E-state index is 11.8. The summed E-state index contributed by atoms with van der Waals surface area (Å²) in [6.45, 7) is 7.37. The van der Waals surface area contributed by atoms with Crippen LogP contribution in [0.25, 0.3) is 10.8 Å². The van der Waals surface area contributed by atoms with Crippen LogP contribution in [0.15, 0.2) is 36.4 Å². The summed E-state index contributed by atoms with van der Waals surface area (Å²) < 4.78 is 0. The largest absolute Gasteiger partial charge is 0.480 e. The number of carboxylic acid groups (broad SMARTS) is 1. The van der Waals surface area contributed by atoms with Crippen molar-refractivity contribution >= 4 is 16.7 Å². The van der Waals surface area contributed by atoms with Crippen molar-refractivity contribution in [3.8, 4) is 0 Å². The lowest BCUT2D eigenvalue weighted by Crippen LogP contribution is -2.49. The van der Waals surface area contributed by atoms with Gasteiger partial charge in [0.05, 0.1) is 0 Å². The fourth-order valence-electron chi connectivity index (χ4n) is 3.52. The van der Waals surface area contributed by atoms with Gasteiger partial charge in [0, 0.05) is 13.1 Å². The molecule has 1 aliphatic heterocycles. The number of hydrogen-bond acceptors (Lipinski definition) is 2. The third-order valence-electron chi connectivity index (χ3n) is 4.24. The lowest BCUT2D eigenvalue weighted by atomic mass is 9.83. The van der Waals surface area contributed by atoms with Crippen LogP contribution >= 0.6 is 0 Å². The number of carboxylic acids is 1. The van der Waals surface area contributed by atoms with Crippen molar-refractivity contribution in [2.45, 2.75) is 39.9 Å². The lowest BCUT2D eigenvalue weighted by Gasteiger charge is -2.39. The standard InChI is InChI=1S/C18H21NO2/c1-18(2,3)16(17(20)21)19-10-13-8-4-6-12-7-5-9-14(11-19)15(12)13/h4-9,16H,10-11H2,1-3H3,(H,20,21)/t16-/m1/s1. The molecule has 2 aromatic carbocycles. The minimum absolute atomic E-state index is 0.300. The monoisotopic (exact) mass is 283 g/mol. The van der Waals surface area contributed by atoms with Crippen LogP contribution in [0.1, 0.15) is 31.9 Å². The molecule has 0 amide bonds. The lowest BCUT2D eigenvalue weighted by molar-refractivity contribution is -0.148. The molecular formula is C18H21NO2. The van der Waals surface area contributed by atoms with Crippen molar-refractivity contribution in [1.29, 1.82) is 0 Å². The number of nitrogens with zero attached hydrogens (tertiary/aromatic N) is 1. The summed E-state index contributed by atoms with van der Waals surface area (Å²) in [4.78, 5) is 13.8. The Kier molecular flexibility index (Phi) is 3.25. The average Bonchev–Trinajstić information content (AvgIpc) is 2.37.